The summed E-state index contributed by atoms with van der Waals surface area (Å²) in [6, 6.07) is 0. The number of carboxylic acid groups (broad SMARTS) is 1. The van der Waals surface area contributed by atoms with Gasteiger partial charge in [0.2, 0.25) is 0 Å². The Balaban J connectivity index is 2.84. The molecule has 1 heterocycles. The lowest BCUT2D eigenvalue weighted by Crippen LogP contribution is -2.10. The number of aliphatic carboxylic acids is 1. The van der Waals surface area contributed by atoms with Gasteiger partial charge in [0.25, 0.3) is 0 Å². The molecule has 1 atom stereocenters. The Morgan fingerprint density at radius 1 is 1.82 bits per heavy atom. The second-order valence-corrected chi connectivity index (χ2v) is 2.74. The maximum absolute atomic E-state index is 10.2. The van der Waals surface area contributed by atoms with Crippen LogP contribution in [0, 0.1) is 0 Å². The van der Waals surface area contributed by atoms with Gasteiger partial charge in [-0.3, -0.25) is 0 Å². The zero-order valence-electron chi connectivity index (χ0n) is 5.39. The molecule has 0 fully saturated rings. The van der Waals surface area contributed by atoms with E-state index in [1.165, 1.54) is 5.38 Å². The Morgan fingerprint density at radius 3 is 2.82 bits per heavy atom. The van der Waals surface area contributed by atoms with Crippen LogP contribution in [0.5, 0.6) is 0 Å². The van der Waals surface area contributed by atoms with Gasteiger partial charge in [-0.1, -0.05) is 0 Å². The Bertz CT molecular complexity index is 272. The molecule has 11 heavy (non-hydrogen) atoms. The SMILES string of the molecule is Nc1nc(C(O)C(=O)O)cs1. The molecular formula is C5H6N2O3S. The summed E-state index contributed by atoms with van der Waals surface area (Å²) in [7, 11) is 0. The average molecular weight is 174 g/mol. The van der Waals surface area contributed by atoms with Crippen molar-refractivity contribution in [1.29, 1.82) is 0 Å². The number of thiazole rings is 1. The van der Waals surface area contributed by atoms with Crippen molar-refractivity contribution < 1.29 is 15.0 Å². The first-order valence-corrected chi connectivity index (χ1v) is 3.61. The van der Waals surface area contributed by atoms with Crippen molar-refractivity contribution in [3.05, 3.63) is 11.1 Å². The second kappa shape index (κ2) is 2.85. The van der Waals surface area contributed by atoms with E-state index in [4.69, 9.17) is 15.9 Å². The minimum absolute atomic E-state index is 0.0833. The molecule has 0 bridgehead atoms. The van der Waals surface area contributed by atoms with Crippen LogP contribution in [0.25, 0.3) is 0 Å². The first kappa shape index (κ1) is 7.96. The van der Waals surface area contributed by atoms with Gasteiger partial charge in [-0.25, -0.2) is 9.78 Å². The third-order valence-electron chi connectivity index (χ3n) is 1.05. The number of anilines is 1. The van der Waals surface area contributed by atoms with E-state index in [0.29, 0.717) is 0 Å². The van der Waals surface area contributed by atoms with Gasteiger partial charge in [0.1, 0.15) is 0 Å². The molecule has 0 aliphatic carbocycles. The lowest BCUT2D eigenvalue weighted by molar-refractivity contribution is -0.147. The van der Waals surface area contributed by atoms with Crippen LogP contribution < -0.4 is 5.73 Å². The number of rotatable bonds is 2. The van der Waals surface area contributed by atoms with Crippen LogP contribution in [-0.4, -0.2) is 21.2 Å². The molecule has 6 heteroatoms. The molecule has 1 unspecified atom stereocenters. The molecule has 0 aromatic carbocycles. The van der Waals surface area contributed by atoms with Crippen molar-refractivity contribution in [2.24, 2.45) is 0 Å². The van der Waals surface area contributed by atoms with Crippen LogP contribution in [-0.2, 0) is 4.79 Å². The lowest BCUT2D eigenvalue weighted by atomic mass is 10.3. The molecule has 0 spiro atoms. The largest absolute Gasteiger partial charge is 0.479 e. The van der Waals surface area contributed by atoms with Crippen molar-refractivity contribution in [2.75, 3.05) is 5.73 Å². The third kappa shape index (κ3) is 1.66. The summed E-state index contributed by atoms with van der Waals surface area (Å²) in [5.74, 6) is -1.32. The van der Waals surface area contributed by atoms with E-state index < -0.39 is 12.1 Å². The number of carbonyl (C=O) groups is 1. The molecular weight excluding hydrogens is 168 g/mol. The molecule has 1 rings (SSSR count). The summed E-state index contributed by atoms with van der Waals surface area (Å²) in [4.78, 5) is 13.8. The molecule has 0 amide bonds. The summed E-state index contributed by atoms with van der Waals surface area (Å²) >= 11 is 1.09. The minimum atomic E-state index is -1.57. The second-order valence-electron chi connectivity index (χ2n) is 1.85. The molecule has 0 saturated carbocycles. The number of aliphatic hydroxyl groups excluding tert-OH is 1. The maximum atomic E-state index is 10.2. The Morgan fingerprint density at radius 2 is 2.45 bits per heavy atom. The lowest BCUT2D eigenvalue weighted by Gasteiger charge is -1.98. The smallest absolute Gasteiger partial charge is 0.338 e. The average Bonchev–Trinajstić information content (AvgIpc) is 2.34. The number of nitrogen functional groups attached to an aromatic ring is 1. The van der Waals surface area contributed by atoms with Gasteiger partial charge in [0.15, 0.2) is 11.2 Å². The fraction of sp³-hybridized carbons (Fsp3) is 0.200. The van der Waals surface area contributed by atoms with E-state index >= 15 is 0 Å². The van der Waals surface area contributed by atoms with Crippen LogP contribution >= 0.6 is 11.3 Å². The van der Waals surface area contributed by atoms with Crippen molar-refractivity contribution in [3.63, 3.8) is 0 Å². The number of hydrogen-bond donors (Lipinski definition) is 3. The van der Waals surface area contributed by atoms with Crippen LogP contribution in [0.3, 0.4) is 0 Å². The molecule has 1 aromatic heterocycles. The van der Waals surface area contributed by atoms with Gasteiger partial charge < -0.3 is 15.9 Å². The summed E-state index contributed by atoms with van der Waals surface area (Å²) in [6.45, 7) is 0. The van der Waals surface area contributed by atoms with E-state index in [2.05, 4.69) is 4.98 Å². The van der Waals surface area contributed by atoms with Crippen molar-refractivity contribution in [3.8, 4) is 0 Å². The van der Waals surface area contributed by atoms with Crippen molar-refractivity contribution >= 4 is 22.4 Å². The molecule has 60 valence electrons. The fourth-order valence-corrected chi connectivity index (χ4v) is 1.13. The zero-order chi connectivity index (χ0) is 8.43. The molecule has 5 nitrogen and oxygen atoms in total. The molecule has 4 N–H and O–H groups in total. The zero-order valence-corrected chi connectivity index (χ0v) is 6.21. The van der Waals surface area contributed by atoms with E-state index in [1.807, 2.05) is 0 Å². The Hall–Kier alpha value is -1.14. The quantitative estimate of drug-likeness (QED) is 0.579. The minimum Gasteiger partial charge on any atom is -0.479 e. The highest BCUT2D eigenvalue weighted by Crippen LogP contribution is 2.17. The summed E-state index contributed by atoms with van der Waals surface area (Å²) in [5.41, 5.74) is 5.30. The summed E-state index contributed by atoms with van der Waals surface area (Å²) < 4.78 is 0. The van der Waals surface area contributed by atoms with E-state index in [-0.39, 0.29) is 10.8 Å². The predicted molar refractivity (Wildman–Crippen MR) is 39.1 cm³/mol. The third-order valence-corrected chi connectivity index (χ3v) is 1.75. The normalized spacial score (nSPS) is 12.8. The van der Waals surface area contributed by atoms with Crippen LogP contribution in [0.1, 0.15) is 11.8 Å². The maximum Gasteiger partial charge on any atom is 0.338 e. The molecule has 0 aliphatic heterocycles. The van der Waals surface area contributed by atoms with Gasteiger partial charge in [0.05, 0.1) is 5.69 Å². The van der Waals surface area contributed by atoms with Crippen molar-refractivity contribution in [1.82, 2.24) is 4.98 Å². The van der Waals surface area contributed by atoms with Crippen LogP contribution in [0.4, 0.5) is 5.13 Å². The number of nitrogens with zero attached hydrogens (tertiary/aromatic N) is 1. The highest BCUT2D eigenvalue weighted by molar-refractivity contribution is 7.13. The predicted octanol–water partition coefficient (Wildman–Crippen LogP) is -0.157. The molecule has 0 radical (unpaired) electrons. The molecule has 0 aliphatic rings. The van der Waals surface area contributed by atoms with Crippen molar-refractivity contribution in [2.45, 2.75) is 6.10 Å². The highest BCUT2D eigenvalue weighted by atomic mass is 32.1. The van der Waals surface area contributed by atoms with Gasteiger partial charge in [-0.15, -0.1) is 11.3 Å². The summed E-state index contributed by atoms with van der Waals surface area (Å²) in [6.07, 6.45) is -1.57. The standard InChI is InChI=1S/C5H6N2O3S/c6-5-7-2(1-11-5)3(8)4(9)10/h1,3,8H,(H2,6,7)(H,9,10). The molecule has 0 saturated heterocycles. The number of aliphatic hydroxyl groups is 1. The number of carboxylic acids is 1. The van der Waals surface area contributed by atoms with Gasteiger partial charge >= 0.3 is 5.97 Å². The topological polar surface area (TPSA) is 96.4 Å². The van der Waals surface area contributed by atoms with E-state index in [9.17, 15) is 4.79 Å². The van der Waals surface area contributed by atoms with Gasteiger partial charge in [0, 0.05) is 5.38 Å². The monoisotopic (exact) mass is 174 g/mol. The summed E-state index contributed by atoms with van der Waals surface area (Å²) in [5, 5.41) is 18.9. The highest BCUT2D eigenvalue weighted by Gasteiger charge is 2.18. The number of aromatic nitrogens is 1. The number of hydrogen-bond acceptors (Lipinski definition) is 5. The first-order chi connectivity index (χ1) is 5.11. The molecule has 1 aromatic rings. The number of nitrogens with two attached hydrogens (primary N) is 1. The van der Waals surface area contributed by atoms with Gasteiger partial charge in [-0.05, 0) is 0 Å². The van der Waals surface area contributed by atoms with E-state index in [1.54, 1.807) is 0 Å². The Labute approximate surface area is 66.1 Å². The van der Waals surface area contributed by atoms with Crippen LogP contribution in [0.15, 0.2) is 5.38 Å². The van der Waals surface area contributed by atoms with E-state index in [0.717, 1.165) is 11.3 Å². The fourth-order valence-electron chi connectivity index (χ4n) is 0.553. The van der Waals surface area contributed by atoms with Gasteiger partial charge in [-0.2, -0.15) is 0 Å². The van der Waals surface area contributed by atoms with Crippen LogP contribution in [0.2, 0.25) is 0 Å². The first-order valence-electron chi connectivity index (χ1n) is 2.73. The Kier molecular flexibility index (Phi) is 2.06.